The van der Waals surface area contributed by atoms with Crippen molar-refractivity contribution in [1.82, 2.24) is 0 Å². The van der Waals surface area contributed by atoms with Crippen LogP contribution in [0.3, 0.4) is 0 Å². The van der Waals surface area contributed by atoms with Crippen molar-refractivity contribution in [2.24, 2.45) is 0 Å². The molecule has 4 aromatic carbocycles. The molecule has 0 N–H and O–H groups in total. The Hall–Kier alpha value is -1.90. The van der Waals surface area contributed by atoms with Gasteiger partial charge in [0, 0.05) is 0 Å². The van der Waals surface area contributed by atoms with E-state index in [0.29, 0.717) is 29.0 Å². The minimum absolute atomic E-state index is 0.502. The predicted molar refractivity (Wildman–Crippen MR) is 139 cm³/mol. The second kappa shape index (κ2) is 5.87. The molecule has 0 spiro atoms. The van der Waals surface area contributed by atoms with Gasteiger partial charge in [0.1, 0.15) is 0 Å². The van der Waals surface area contributed by atoms with Gasteiger partial charge in [0.25, 0.3) is 0 Å². The number of hydrogen-bond acceptors (Lipinski definition) is 2. The van der Waals surface area contributed by atoms with Gasteiger partial charge in [-0.25, -0.2) is 0 Å². The average Bonchev–Trinajstić information content (AvgIpc) is 3.51. The Balaban J connectivity index is 1.49. The van der Waals surface area contributed by atoms with Crippen molar-refractivity contribution in [2.45, 2.75) is 0 Å². The molecule has 0 bridgehead atoms. The third kappa shape index (κ3) is 2.22. The van der Waals surface area contributed by atoms with Crippen molar-refractivity contribution in [3.05, 3.63) is 70.5 Å². The van der Waals surface area contributed by atoms with Crippen LogP contribution < -0.4 is 0 Å². The van der Waals surface area contributed by atoms with E-state index in [4.69, 9.17) is 0 Å². The van der Waals surface area contributed by atoms with Crippen LogP contribution in [0.5, 0.6) is 0 Å². The normalized spacial score (nSPS) is 12.7. The molecule has 0 saturated heterocycles. The van der Waals surface area contributed by atoms with Gasteiger partial charge in [-0.1, -0.05) is 0 Å². The van der Waals surface area contributed by atoms with E-state index >= 15 is 0 Å². The van der Waals surface area contributed by atoms with Gasteiger partial charge in [-0.05, 0) is 0 Å². The van der Waals surface area contributed by atoms with Gasteiger partial charge in [-0.2, -0.15) is 0 Å². The molecule has 0 fully saturated rings. The van der Waals surface area contributed by atoms with E-state index in [1.54, 1.807) is 0 Å². The molecule has 4 aromatic heterocycles. The van der Waals surface area contributed by atoms with Crippen LogP contribution in [-0.2, 0) is 0 Å². The van der Waals surface area contributed by atoms with Crippen LogP contribution in [0, 0.1) is 0 Å². The van der Waals surface area contributed by atoms with E-state index in [1.165, 1.54) is 70.4 Å². The second-order valence-electron chi connectivity index (χ2n) is 7.87. The molecule has 8 rings (SSSR count). The number of rotatable bonds is 0. The Labute approximate surface area is 191 Å². The summed E-state index contributed by atoms with van der Waals surface area (Å²) >= 11 is 4.94. The summed E-state index contributed by atoms with van der Waals surface area (Å²) in [5.41, 5.74) is 0. The second-order valence-corrected chi connectivity index (χ2v) is 14.0. The van der Waals surface area contributed by atoms with Gasteiger partial charge >= 0.3 is 193 Å². The molecule has 0 unspecified atom stereocenters. The van der Waals surface area contributed by atoms with E-state index in [9.17, 15) is 0 Å². The molecule has 4 heterocycles. The van der Waals surface area contributed by atoms with Crippen molar-refractivity contribution in [3.8, 4) is 0 Å². The van der Waals surface area contributed by atoms with Crippen molar-refractivity contribution >= 4 is 122 Å². The van der Waals surface area contributed by atoms with Crippen LogP contribution in [0.2, 0.25) is 0 Å². The SMILES string of the molecule is c1cc2cc3cc4c(cc3cc2[se]1)sc1c2cc3cc5cc[se]c5cc3cc2sc41. The Morgan fingerprint density at radius 3 is 1.43 bits per heavy atom. The van der Waals surface area contributed by atoms with Gasteiger partial charge in [-0.15, -0.1) is 0 Å². The maximum absolute atomic E-state index is 2.43. The molecular weight excluding hydrogens is 534 g/mol. The number of fused-ring (bicyclic) bond motifs is 9. The quantitative estimate of drug-likeness (QED) is 0.169. The summed E-state index contributed by atoms with van der Waals surface area (Å²) in [5, 5.41) is 11.2. The first kappa shape index (κ1) is 16.7. The van der Waals surface area contributed by atoms with E-state index in [1.807, 2.05) is 22.7 Å². The summed E-state index contributed by atoms with van der Waals surface area (Å²) < 4.78 is 8.80. The molecule has 0 amide bonds. The topological polar surface area (TPSA) is 0 Å². The first-order valence-electron chi connectivity index (χ1n) is 9.81. The number of benzene rings is 4. The summed E-state index contributed by atoms with van der Waals surface area (Å²) in [4.78, 5) is 4.67. The third-order valence-electron chi connectivity index (χ3n) is 6.14. The van der Waals surface area contributed by atoms with Crippen molar-refractivity contribution in [1.29, 1.82) is 0 Å². The van der Waals surface area contributed by atoms with Crippen LogP contribution in [0.25, 0.3) is 70.4 Å². The van der Waals surface area contributed by atoms with Crippen molar-refractivity contribution in [3.63, 3.8) is 0 Å². The molecule has 0 atom stereocenters. The van der Waals surface area contributed by atoms with Gasteiger partial charge < -0.3 is 0 Å². The van der Waals surface area contributed by atoms with Crippen LogP contribution in [-0.4, -0.2) is 29.0 Å². The van der Waals surface area contributed by atoms with Gasteiger partial charge in [0.15, 0.2) is 0 Å². The number of thiophene rings is 2. The van der Waals surface area contributed by atoms with Gasteiger partial charge in [0.2, 0.25) is 0 Å². The monoisotopic (exact) mass is 548 g/mol. The molecule has 0 nitrogen and oxygen atoms in total. The molecule has 0 radical (unpaired) electrons. The minimum atomic E-state index is 0.502. The van der Waals surface area contributed by atoms with Gasteiger partial charge in [-0.3, -0.25) is 0 Å². The Kier molecular flexibility index (Phi) is 3.27. The van der Waals surface area contributed by atoms with E-state index < -0.39 is 0 Å². The number of hydrogen-bond donors (Lipinski definition) is 0. The van der Waals surface area contributed by atoms with Crippen LogP contribution >= 0.6 is 22.7 Å². The summed E-state index contributed by atoms with van der Waals surface area (Å²) in [7, 11) is 0. The first-order chi connectivity index (χ1) is 14.8. The first-order valence-corrected chi connectivity index (χ1v) is 15.1. The van der Waals surface area contributed by atoms with Crippen molar-refractivity contribution in [2.75, 3.05) is 0 Å². The van der Waals surface area contributed by atoms with Gasteiger partial charge in [0.05, 0.1) is 0 Å². The molecular formula is C26H12S2Se2. The van der Waals surface area contributed by atoms with Crippen molar-refractivity contribution < 1.29 is 0 Å². The molecule has 30 heavy (non-hydrogen) atoms. The van der Waals surface area contributed by atoms with E-state index in [2.05, 4.69) is 70.5 Å². The van der Waals surface area contributed by atoms with E-state index in [0.717, 1.165) is 0 Å². The summed E-state index contributed by atoms with van der Waals surface area (Å²) in [6, 6.07) is 23.9. The standard InChI is InChI=1S/C26H12S2Se2/c1-3-29-23-11-17-9-21-19(7-15(17)5-13(1)23)25-26(27-21)20-8-16-6-14-2-4-30-24(14)12-18(16)10-22(20)28-25/h1-12H. The molecule has 140 valence electrons. The maximum atomic E-state index is 2.43. The van der Waals surface area contributed by atoms with E-state index in [-0.39, 0.29) is 0 Å². The fourth-order valence-corrected chi connectivity index (χ4v) is 10.8. The molecule has 0 aliphatic rings. The molecule has 0 aliphatic heterocycles. The molecule has 0 aliphatic carbocycles. The molecule has 0 saturated carbocycles. The Morgan fingerprint density at radius 1 is 0.467 bits per heavy atom. The zero-order chi connectivity index (χ0) is 19.4. The fraction of sp³-hybridized carbons (Fsp3) is 0. The Bertz CT molecular complexity index is 1820. The Morgan fingerprint density at radius 2 is 0.933 bits per heavy atom. The average molecular weight is 546 g/mol. The predicted octanol–water partition coefficient (Wildman–Crippen LogP) is 8.00. The van der Waals surface area contributed by atoms with Crippen LogP contribution in [0.4, 0.5) is 0 Å². The summed E-state index contributed by atoms with van der Waals surface area (Å²) in [6.07, 6.45) is 0. The van der Waals surface area contributed by atoms with Crippen LogP contribution in [0.15, 0.2) is 70.5 Å². The fourth-order valence-electron chi connectivity index (χ4n) is 4.67. The zero-order valence-corrected chi connectivity index (χ0v) is 20.6. The molecule has 8 aromatic rings. The zero-order valence-electron chi connectivity index (χ0n) is 15.6. The molecule has 4 heteroatoms. The third-order valence-corrected chi connectivity index (χ3v) is 12.3. The summed E-state index contributed by atoms with van der Waals surface area (Å²) in [5.74, 6) is 0. The summed E-state index contributed by atoms with van der Waals surface area (Å²) in [6.45, 7) is 0. The van der Waals surface area contributed by atoms with Crippen LogP contribution in [0.1, 0.15) is 0 Å².